The first-order valence-electron chi connectivity index (χ1n) is 7.92. The third kappa shape index (κ3) is 5.01. The number of nitrogens with zero attached hydrogens (tertiary/aromatic N) is 2. The molecule has 1 atom stereocenters. The molecule has 10 heteroatoms. The van der Waals surface area contributed by atoms with Gasteiger partial charge >= 0.3 is 0 Å². The standard InChI is InChI=1S/C16H23N3O5S.ClH/c1-12(20)13-3-5-14(6-4-13)25(22,23)19-9-7-18(8-10-19)16(21)15(17)11-24-2;/h3-6,15H,7-11,17H2,1-2H3;1H. The summed E-state index contributed by atoms with van der Waals surface area (Å²) in [6, 6.07) is 5.11. The van der Waals surface area contributed by atoms with Crippen molar-refractivity contribution in [2.45, 2.75) is 17.9 Å². The highest BCUT2D eigenvalue weighted by Crippen LogP contribution is 2.18. The van der Waals surface area contributed by atoms with Crippen LogP contribution in [0.25, 0.3) is 0 Å². The Hall–Kier alpha value is -1.52. The number of carbonyl (C=O) groups excluding carboxylic acids is 2. The summed E-state index contributed by atoms with van der Waals surface area (Å²) in [4.78, 5) is 25.1. The molecule has 26 heavy (non-hydrogen) atoms. The molecule has 1 saturated heterocycles. The molecule has 1 amide bonds. The molecule has 2 N–H and O–H groups in total. The SMILES string of the molecule is COCC(N)C(=O)N1CCN(S(=O)(=O)c2ccc(C(C)=O)cc2)CC1.Cl. The zero-order chi connectivity index (χ0) is 18.6. The number of methoxy groups -OCH3 is 1. The average molecular weight is 406 g/mol. The van der Waals surface area contributed by atoms with Crippen molar-refractivity contribution in [3.63, 3.8) is 0 Å². The van der Waals surface area contributed by atoms with E-state index >= 15 is 0 Å². The lowest BCUT2D eigenvalue weighted by Gasteiger charge is -2.35. The fourth-order valence-corrected chi connectivity index (χ4v) is 4.07. The molecule has 1 unspecified atom stereocenters. The third-order valence-corrected chi connectivity index (χ3v) is 6.03. The van der Waals surface area contributed by atoms with Crippen molar-refractivity contribution < 1.29 is 22.7 Å². The number of piperazine rings is 1. The van der Waals surface area contributed by atoms with Crippen LogP contribution in [0.4, 0.5) is 0 Å². The number of amides is 1. The van der Waals surface area contributed by atoms with Crippen LogP contribution in [-0.4, -0.2) is 75.3 Å². The van der Waals surface area contributed by atoms with Crippen LogP contribution >= 0.6 is 12.4 Å². The molecule has 8 nitrogen and oxygen atoms in total. The van der Waals surface area contributed by atoms with E-state index in [1.165, 1.54) is 42.6 Å². The second-order valence-corrected chi connectivity index (χ2v) is 7.81. The number of Topliss-reactive ketones (excluding diaryl/α,β-unsaturated/α-hetero) is 1. The Morgan fingerprint density at radius 2 is 1.69 bits per heavy atom. The van der Waals surface area contributed by atoms with Crippen LogP contribution in [0.3, 0.4) is 0 Å². The molecule has 1 fully saturated rings. The molecule has 1 aromatic carbocycles. The normalized spacial score (nSPS) is 16.7. The summed E-state index contributed by atoms with van der Waals surface area (Å²) in [5, 5.41) is 0. The van der Waals surface area contributed by atoms with Crippen LogP contribution in [0, 0.1) is 0 Å². The van der Waals surface area contributed by atoms with Gasteiger partial charge in [-0.25, -0.2) is 8.42 Å². The summed E-state index contributed by atoms with van der Waals surface area (Å²) in [6.45, 7) is 2.50. The fraction of sp³-hybridized carbons (Fsp3) is 0.500. The monoisotopic (exact) mass is 405 g/mol. The minimum absolute atomic E-state index is 0. The first-order valence-corrected chi connectivity index (χ1v) is 9.36. The van der Waals surface area contributed by atoms with E-state index in [9.17, 15) is 18.0 Å². The predicted octanol–water partition coefficient (Wildman–Crippen LogP) is 0.118. The molecule has 0 radical (unpaired) electrons. The zero-order valence-electron chi connectivity index (χ0n) is 14.8. The van der Waals surface area contributed by atoms with Crippen molar-refractivity contribution in [1.82, 2.24) is 9.21 Å². The van der Waals surface area contributed by atoms with Gasteiger partial charge in [-0.05, 0) is 19.1 Å². The van der Waals surface area contributed by atoms with Crippen LogP contribution in [-0.2, 0) is 19.6 Å². The van der Waals surface area contributed by atoms with Crippen LogP contribution in [0.2, 0.25) is 0 Å². The van der Waals surface area contributed by atoms with Crippen molar-refractivity contribution in [1.29, 1.82) is 0 Å². The van der Waals surface area contributed by atoms with Crippen molar-refractivity contribution in [2.75, 3.05) is 39.9 Å². The van der Waals surface area contributed by atoms with Gasteiger partial charge in [-0.2, -0.15) is 4.31 Å². The molecule has 1 aromatic rings. The van der Waals surface area contributed by atoms with Crippen molar-refractivity contribution >= 4 is 34.1 Å². The van der Waals surface area contributed by atoms with Gasteiger partial charge in [0.25, 0.3) is 0 Å². The van der Waals surface area contributed by atoms with Crippen LogP contribution in [0.5, 0.6) is 0 Å². The number of hydrogen-bond acceptors (Lipinski definition) is 6. The number of ketones is 1. The zero-order valence-corrected chi connectivity index (χ0v) is 16.4. The number of hydrogen-bond donors (Lipinski definition) is 1. The van der Waals surface area contributed by atoms with Crippen LogP contribution in [0.15, 0.2) is 29.2 Å². The van der Waals surface area contributed by atoms with Gasteiger partial charge in [0.1, 0.15) is 6.04 Å². The van der Waals surface area contributed by atoms with Gasteiger partial charge in [0, 0.05) is 38.9 Å². The van der Waals surface area contributed by atoms with Gasteiger partial charge in [-0.1, -0.05) is 12.1 Å². The predicted molar refractivity (Wildman–Crippen MR) is 98.9 cm³/mol. The Morgan fingerprint density at radius 1 is 1.15 bits per heavy atom. The summed E-state index contributed by atoms with van der Waals surface area (Å²) in [5.74, 6) is -0.367. The molecular formula is C16H24ClN3O5S. The van der Waals surface area contributed by atoms with E-state index in [0.717, 1.165) is 0 Å². The molecule has 0 spiro atoms. The van der Waals surface area contributed by atoms with E-state index in [-0.39, 0.29) is 61.8 Å². The van der Waals surface area contributed by atoms with Gasteiger partial charge in [-0.15, -0.1) is 12.4 Å². The maximum Gasteiger partial charge on any atom is 0.243 e. The number of nitrogens with two attached hydrogens (primary N) is 1. The lowest BCUT2D eigenvalue weighted by atomic mass is 10.2. The maximum absolute atomic E-state index is 12.7. The van der Waals surface area contributed by atoms with Gasteiger partial charge in [0.05, 0.1) is 11.5 Å². The molecule has 0 saturated carbocycles. The summed E-state index contributed by atoms with van der Waals surface area (Å²) in [6.07, 6.45) is 0. The molecular weight excluding hydrogens is 382 g/mol. The maximum atomic E-state index is 12.7. The van der Waals surface area contributed by atoms with Crippen molar-refractivity contribution in [3.8, 4) is 0 Å². The van der Waals surface area contributed by atoms with Crippen molar-refractivity contribution in [3.05, 3.63) is 29.8 Å². The summed E-state index contributed by atoms with van der Waals surface area (Å²) in [7, 11) is -2.19. The first kappa shape index (κ1) is 22.5. The van der Waals surface area contributed by atoms with E-state index in [2.05, 4.69) is 0 Å². The van der Waals surface area contributed by atoms with Crippen LogP contribution < -0.4 is 5.73 Å². The highest BCUT2D eigenvalue weighted by atomic mass is 35.5. The Kier molecular flexibility index (Phi) is 8.16. The lowest BCUT2D eigenvalue weighted by Crippen LogP contribution is -2.55. The molecule has 1 aliphatic rings. The van der Waals surface area contributed by atoms with E-state index in [1.54, 1.807) is 4.90 Å². The number of carbonyl (C=O) groups is 2. The average Bonchev–Trinajstić information content (AvgIpc) is 2.61. The largest absolute Gasteiger partial charge is 0.383 e. The minimum atomic E-state index is -3.66. The smallest absolute Gasteiger partial charge is 0.243 e. The molecule has 0 aliphatic carbocycles. The van der Waals surface area contributed by atoms with Gasteiger partial charge in [0.2, 0.25) is 15.9 Å². The summed E-state index contributed by atoms with van der Waals surface area (Å²) >= 11 is 0. The number of halogens is 1. The fourth-order valence-electron chi connectivity index (χ4n) is 2.64. The molecule has 2 rings (SSSR count). The van der Waals surface area contributed by atoms with E-state index in [4.69, 9.17) is 10.5 Å². The van der Waals surface area contributed by atoms with E-state index in [0.29, 0.717) is 5.56 Å². The molecule has 146 valence electrons. The van der Waals surface area contributed by atoms with Crippen molar-refractivity contribution in [2.24, 2.45) is 5.73 Å². The quantitative estimate of drug-likeness (QED) is 0.673. The van der Waals surface area contributed by atoms with Gasteiger partial charge in [-0.3, -0.25) is 9.59 Å². The van der Waals surface area contributed by atoms with Crippen LogP contribution in [0.1, 0.15) is 17.3 Å². The number of benzene rings is 1. The number of rotatable bonds is 6. The first-order chi connectivity index (χ1) is 11.8. The second-order valence-electron chi connectivity index (χ2n) is 5.87. The van der Waals surface area contributed by atoms with E-state index < -0.39 is 16.1 Å². The Labute approximate surface area is 159 Å². The Bertz CT molecular complexity index is 731. The highest BCUT2D eigenvalue weighted by Gasteiger charge is 2.31. The molecule has 1 heterocycles. The van der Waals surface area contributed by atoms with Gasteiger partial charge < -0.3 is 15.4 Å². The van der Waals surface area contributed by atoms with Gasteiger partial charge in [0.15, 0.2) is 5.78 Å². The van der Waals surface area contributed by atoms with E-state index in [1.807, 2.05) is 0 Å². The number of ether oxygens (including phenoxy) is 1. The Balaban J connectivity index is 0.00000338. The lowest BCUT2D eigenvalue weighted by molar-refractivity contribution is -0.134. The summed E-state index contributed by atoms with van der Waals surface area (Å²) < 4.78 is 31.6. The second kappa shape index (κ2) is 9.43. The third-order valence-electron chi connectivity index (χ3n) is 4.11. The summed E-state index contributed by atoms with van der Waals surface area (Å²) in [5.41, 5.74) is 6.19. The topological polar surface area (TPSA) is 110 Å². The molecule has 0 bridgehead atoms. The highest BCUT2D eigenvalue weighted by molar-refractivity contribution is 7.89. The minimum Gasteiger partial charge on any atom is -0.383 e. The Morgan fingerprint density at radius 3 is 2.15 bits per heavy atom. The molecule has 0 aromatic heterocycles. The molecule has 1 aliphatic heterocycles. The number of sulfonamides is 1.